The Morgan fingerprint density at radius 2 is 2.04 bits per heavy atom. The largest absolute Gasteiger partial charge is 0.480 e. The summed E-state index contributed by atoms with van der Waals surface area (Å²) >= 11 is 2.76. The zero-order valence-corrected chi connectivity index (χ0v) is 16.2. The number of hydrogen-bond acceptors (Lipinski definition) is 8. The van der Waals surface area contributed by atoms with Crippen molar-refractivity contribution in [2.45, 2.75) is 18.4 Å². The molecule has 10 heteroatoms. The lowest BCUT2D eigenvalue weighted by Gasteiger charge is -2.14. The van der Waals surface area contributed by atoms with E-state index >= 15 is 0 Å². The van der Waals surface area contributed by atoms with Gasteiger partial charge in [0.1, 0.15) is 12.6 Å². The molecule has 8 nitrogen and oxygen atoms in total. The summed E-state index contributed by atoms with van der Waals surface area (Å²) in [6, 6.07) is 11.8. The number of carbonyl (C=O) groups is 2. The Labute approximate surface area is 168 Å². The van der Waals surface area contributed by atoms with Crippen molar-refractivity contribution in [2.75, 3.05) is 5.75 Å². The molecule has 28 heavy (non-hydrogen) atoms. The van der Waals surface area contributed by atoms with E-state index in [0.717, 1.165) is 10.4 Å². The van der Waals surface area contributed by atoms with Crippen LogP contribution in [0, 0.1) is 0 Å². The van der Waals surface area contributed by atoms with Gasteiger partial charge in [0.15, 0.2) is 0 Å². The van der Waals surface area contributed by atoms with Crippen LogP contribution in [0.1, 0.15) is 11.5 Å². The molecule has 2 heterocycles. The molecule has 0 saturated heterocycles. The molecule has 1 atom stereocenters. The second kappa shape index (κ2) is 9.90. The maximum atomic E-state index is 11.9. The second-order valence-corrected chi connectivity index (χ2v) is 7.57. The Balaban J connectivity index is 1.44. The van der Waals surface area contributed by atoms with Crippen molar-refractivity contribution in [3.05, 3.63) is 59.3 Å². The van der Waals surface area contributed by atoms with Crippen molar-refractivity contribution in [2.24, 2.45) is 0 Å². The molecule has 1 unspecified atom stereocenters. The maximum Gasteiger partial charge on any atom is 0.408 e. The molecule has 0 aliphatic rings. The SMILES string of the molecule is O=C(NC(CSCc1nnc(-c2cccs2)o1)C(=O)O)OCc1ccccc1. The summed E-state index contributed by atoms with van der Waals surface area (Å²) in [5, 5.41) is 21.5. The highest BCUT2D eigenvalue weighted by Crippen LogP contribution is 2.24. The van der Waals surface area contributed by atoms with Gasteiger partial charge in [-0.25, -0.2) is 9.59 Å². The number of nitrogens with one attached hydrogen (secondary N) is 1. The number of carboxylic acids is 1. The number of nitrogens with zero attached hydrogens (tertiary/aromatic N) is 2. The minimum Gasteiger partial charge on any atom is -0.480 e. The number of aromatic nitrogens is 2. The average molecular weight is 419 g/mol. The summed E-state index contributed by atoms with van der Waals surface area (Å²) in [6.07, 6.45) is -0.783. The van der Waals surface area contributed by atoms with Gasteiger partial charge in [0.05, 0.1) is 10.6 Å². The number of thiophene rings is 1. The van der Waals surface area contributed by atoms with Crippen LogP contribution in [0.2, 0.25) is 0 Å². The van der Waals surface area contributed by atoms with Gasteiger partial charge >= 0.3 is 12.1 Å². The fourth-order valence-electron chi connectivity index (χ4n) is 2.16. The second-order valence-electron chi connectivity index (χ2n) is 5.59. The summed E-state index contributed by atoms with van der Waals surface area (Å²) < 4.78 is 10.6. The van der Waals surface area contributed by atoms with Gasteiger partial charge in [-0.1, -0.05) is 36.4 Å². The van der Waals surface area contributed by atoms with E-state index < -0.39 is 18.1 Å². The summed E-state index contributed by atoms with van der Waals surface area (Å²) in [5.74, 6) is 0.149. The molecule has 2 N–H and O–H groups in total. The van der Waals surface area contributed by atoms with Crippen LogP contribution in [-0.2, 0) is 21.9 Å². The molecule has 0 fully saturated rings. The highest BCUT2D eigenvalue weighted by atomic mass is 32.2. The van der Waals surface area contributed by atoms with Crippen LogP contribution in [0.5, 0.6) is 0 Å². The van der Waals surface area contributed by atoms with Crippen molar-refractivity contribution < 1.29 is 23.8 Å². The maximum absolute atomic E-state index is 11.9. The number of hydrogen-bond donors (Lipinski definition) is 2. The predicted octanol–water partition coefficient (Wildman–Crippen LogP) is 3.41. The van der Waals surface area contributed by atoms with E-state index in [1.165, 1.54) is 23.1 Å². The molecule has 3 aromatic rings. The van der Waals surface area contributed by atoms with Gasteiger partial charge < -0.3 is 19.6 Å². The van der Waals surface area contributed by atoms with Gasteiger partial charge in [-0.3, -0.25) is 0 Å². The molecule has 0 aliphatic carbocycles. The molecule has 0 radical (unpaired) electrons. The zero-order chi connectivity index (χ0) is 19.8. The van der Waals surface area contributed by atoms with Gasteiger partial charge in [0.25, 0.3) is 5.89 Å². The van der Waals surface area contributed by atoms with Crippen molar-refractivity contribution in [3.8, 4) is 10.8 Å². The van der Waals surface area contributed by atoms with Crippen LogP contribution in [0.3, 0.4) is 0 Å². The molecule has 0 saturated carbocycles. The quantitative estimate of drug-likeness (QED) is 0.542. The third-order valence-electron chi connectivity index (χ3n) is 3.51. The van der Waals surface area contributed by atoms with E-state index in [2.05, 4.69) is 15.5 Å². The van der Waals surface area contributed by atoms with Crippen LogP contribution in [0.4, 0.5) is 4.79 Å². The van der Waals surface area contributed by atoms with Gasteiger partial charge in [-0.2, -0.15) is 0 Å². The van der Waals surface area contributed by atoms with E-state index in [4.69, 9.17) is 9.15 Å². The van der Waals surface area contributed by atoms with Crippen molar-refractivity contribution in [3.63, 3.8) is 0 Å². The van der Waals surface area contributed by atoms with Crippen LogP contribution >= 0.6 is 23.1 Å². The number of aliphatic carboxylic acids is 1. The highest BCUT2D eigenvalue weighted by Gasteiger charge is 2.21. The highest BCUT2D eigenvalue weighted by molar-refractivity contribution is 7.98. The van der Waals surface area contributed by atoms with E-state index in [9.17, 15) is 14.7 Å². The van der Waals surface area contributed by atoms with E-state index in [1.807, 2.05) is 47.8 Å². The summed E-state index contributed by atoms with van der Waals surface area (Å²) in [6.45, 7) is 0.0691. The Morgan fingerprint density at radius 3 is 2.75 bits per heavy atom. The monoisotopic (exact) mass is 419 g/mol. The van der Waals surface area contributed by atoms with Crippen molar-refractivity contribution in [1.82, 2.24) is 15.5 Å². The van der Waals surface area contributed by atoms with Crippen LogP contribution in [-0.4, -0.2) is 39.2 Å². The van der Waals surface area contributed by atoms with Gasteiger partial charge in [0, 0.05) is 5.75 Å². The Hall–Kier alpha value is -2.85. The number of benzene rings is 1. The van der Waals surface area contributed by atoms with Crippen LogP contribution < -0.4 is 5.32 Å². The smallest absolute Gasteiger partial charge is 0.408 e. The minimum absolute atomic E-state index is 0.0691. The third kappa shape index (κ3) is 5.83. The Morgan fingerprint density at radius 1 is 1.21 bits per heavy atom. The third-order valence-corrected chi connectivity index (χ3v) is 5.39. The molecular weight excluding hydrogens is 402 g/mol. The topological polar surface area (TPSA) is 115 Å². The lowest BCUT2D eigenvalue weighted by Crippen LogP contribution is -2.42. The first-order valence-corrected chi connectivity index (χ1v) is 10.3. The van der Waals surface area contributed by atoms with Gasteiger partial charge in [-0.15, -0.1) is 33.3 Å². The number of alkyl carbamates (subject to hydrolysis) is 1. The fourth-order valence-corrected chi connectivity index (χ4v) is 3.67. The first-order valence-electron chi connectivity index (χ1n) is 8.26. The van der Waals surface area contributed by atoms with Gasteiger partial charge in [-0.05, 0) is 17.0 Å². The summed E-state index contributed by atoms with van der Waals surface area (Å²) in [5.41, 5.74) is 0.817. The minimum atomic E-state index is -1.14. The Bertz CT molecular complexity index is 899. The molecule has 0 bridgehead atoms. The lowest BCUT2D eigenvalue weighted by atomic mass is 10.2. The Kier molecular flexibility index (Phi) is 7.04. The standard InChI is InChI=1S/C18H17N3O5S2/c22-17(23)13(19-18(24)25-9-12-5-2-1-3-6-12)10-27-11-15-20-21-16(26-15)14-7-4-8-28-14/h1-8,13H,9-11H2,(H,19,24)(H,22,23). The molecule has 2 aromatic heterocycles. The number of thioether (sulfide) groups is 1. The summed E-state index contributed by atoms with van der Waals surface area (Å²) in [4.78, 5) is 24.1. The molecule has 0 spiro atoms. The van der Waals surface area contributed by atoms with E-state index in [-0.39, 0.29) is 12.4 Å². The van der Waals surface area contributed by atoms with Gasteiger partial charge in [0.2, 0.25) is 5.89 Å². The summed E-state index contributed by atoms with van der Waals surface area (Å²) in [7, 11) is 0. The number of carbonyl (C=O) groups excluding carboxylic acids is 1. The first kappa shape index (κ1) is 19.9. The van der Waals surface area contributed by atoms with Crippen molar-refractivity contribution >= 4 is 35.2 Å². The van der Waals surface area contributed by atoms with Crippen molar-refractivity contribution in [1.29, 1.82) is 0 Å². The molecule has 0 aliphatic heterocycles. The number of carboxylic acid groups (broad SMARTS) is 1. The van der Waals surface area contributed by atoms with E-state index in [0.29, 0.717) is 17.5 Å². The van der Waals surface area contributed by atoms with Crippen LogP contribution in [0.15, 0.2) is 52.3 Å². The average Bonchev–Trinajstić information content (AvgIpc) is 3.38. The number of rotatable bonds is 9. The predicted molar refractivity (Wildman–Crippen MR) is 105 cm³/mol. The first-order chi connectivity index (χ1) is 13.6. The van der Waals surface area contributed by atoms with Crippen LogP contribution in [0.25, 0.3) is 10.8 Å². The fraction of sp³-hybridized carbons (Fsp3) is 0.222. The molecule has 146 valence electrons. The lowest BCUT2D eigenvalue weighted by molar-refractivity contribution is -0.138. The van der Waals surface area contributed by atoms with E-state index in [1.54, 1.807) is 0 Å². The molecule has 3 rings (SSSR count). The molecule has 1 amide bonds. The molecular formula is C18H17N3O5S2. The zero-order valence-electron chi connectivity index (χ0n) is 14.6. The number of ether oxygens (including phenoxy) is 1. The molecule has 1 aromatic carbocycles. The normalized spacial score (nSPS) is 11.7. The number of amides is 1.